The van der Waals surface area contributed by atoms with E-state index in [1.54, 1.807) is 0 Å². The van der Waals surface area contributed by atoms with Crippen LogP contribution in [0.1, 0.15) is 11.7 Å². The Hall–Kier alpha value is -1.79. The van der Waals surface area contributed by atoms with Gasteiger partial charge in [0.15, 0.2) is 11.5 Å². The Morgan fingerprint density at radius 3 is 2.50 bits per heavy atom. The number of phenols is 2. The smallest absolute Gasteiger partial charge is 0.325 e. The van der Waals surface area contributed by atoms with Crippen LogP contribution in [0.2, 0.25) is 0 Å². The highest BCUT2D eigenvalue weighted by atomic mass is 16.5. The van der Waals surface area contributed by atoms with Gasteiger partial charge < -0.3 is 25.8 Å². The Morgan fingerprint density at radius 2 is 2.00 bits per heavy atom. The Morgan fingerprint density at radius 1 is 1.38 bits per heavy atom. The van der Waals surface area contributed by atoms with Gasteiger partial charge in [-0.05, 0) is 17.7 Å². The van der Waals surface area contributed by atoms with Gasteiger partial charge in [0.25, 0.3) is 0 Å². The SMILES string of the molecule is COC(=O)[C@H](N)[C@H](O)c1ccc(O)c(O)c1. The van der Waals surface area contributed by atoms with Gasteiger partial charge in [0.1, 0.15) is 12.1 Å². The zero-order valence-electron chi connectivity index (χ0n) is 8.62. The summed E-state index contributed by atoms with van der Waals surface area (Å²) < 4.78 is 4.37. The summed E-state index contributed by atoms with van der Waals surface area (Å²) >= 11 is 0. The second-order valence-corrected chi connectivity index (χ2v) is 3.24. The van der Waals surface area contributed by atoms with Crippen molar-refractivity contribution >= 4 is 5.97 Å². The van der Waals surface area contributed by atoms with Crippen molar-refractivity contribution in [2.75, 3.05) is 7.11 Å². The molecular formula is C10H13NO5. The van der Waals surface area contributed by atoms with Gasteiger partial charge in [0.2, 0.25) is 0 Å². The van der Waals surface area contributed by atoms with E-state index < -0.39 is 23.9 Å². The van der Waals surface area contributed by atoms with E-state index in [4.69, 9.17) is 10.8 Å². The lowest BCUT2D eigenvalue weighted by Crippen LogP contribution is -2.37. The lowest BCUT2D eigenvalue weighted by atomic mass is 10.0. The Labute approximate surface area is 91.9 Å². The summed E-state index contributed by atoms with van der Waals surface area (Å²) in [5.41, 5.74) is 5.64. The molecule has 6 heteroatoms. The molecule has 0 unspecified atom stereocenters. The minimum atomic E-state index is -1.31. The maximum absolute atomic E-state index is 11.1. The minimum absolute atomic E-state index is 0.216. The number of phenolic OH excluding ortho intramolecular Hbond substituents is 2. The Balaban J connectivity index is 2.91. The number of ether oxygens (including phenoxy) is 1. The molecule has 0 fully saturated rings. The molecule has 0 amide bonds. The summed E-state index contributed by atoms with van der Waals surface area (Å²) in [7, 11) is 1.16. The van der Waals surface area contributed by atoms with Crippen LogP contribution in [0.25, 0.3) is 0 Å². The molecule has 0 aromatic heterocycles. The summed E-state index contributed by atoms with van der Waals surface area (Å²) in [6.45, 7) is 0. The normalized spacial score (nSPS) is 14.2. The summed E-state index contributed by atoms with van der Waals surface area (Å²) in [5, 5.41) is 28.0. The number of methoxy groups -OCH3 is 1. The zero-order valence-corrected chi connectivity index (χ0v) is 8.62. The zero-order chi connectivity index (χ0) is 12.3. The number of hydrogen-bond acceptors (Lipinski definition) is 6. The third kappa shape index (κ3) is 2.41. The highest BCUT2D eigenvalue weighted by molar-refractivity contribution is 5.76. The van der Waals surface area contributed by atoms with Gasteiger partial charge in [0, 0.05) is 0 Å². The van der Waals surface area contributed by atoms with Crippen LogP contribution in [-0.2, 0) is 9.53 Å². The molecule has 0 aliphatic heterocycles. The number of nitrogens with two attached hydrogens (primary N) is 1. The second kappa shape index (κ2) is 4.82. The number of hydrogen-bond donors (Lipinski definition) is 4. The van der Waals surface area contributed by atoms with E-state index in [-0.39, 0.29) is 11.3 Å². The van der Waals surface area contributed by atoms with E-state index in [1.807, 2.05) is 0 Å². The predicted molar refractivity (Wildman–Crippen MR) is 54.7 cm³/mol. The number of benzene rings is 1. The molecule has 1 aromatic carbocycles. The van der Waals surface area contributed by atoms with E-state index >= 15 is 0 Å². The number of aromatic hydroxyl groups is 2. The average molecular weight is 227 g/mol. The molecule has 0 bridgehead atoms. The van der Waals surface area contributed by atoms with Gasteiger partial charge in [-0.15, -0.1) is 0 Å². The molecule has 5 N–H and O–H groups in total. The molecule has 2 atom stereocenters. The summed E-state index contributed by atoms with van der Waals surface area (Å²) in [4.78, 5) is 11.1. The third-order valence-electron chi connectivity index (χ3n) is 2.15. The average Bonchev–Trinajstić information content (AvgIpc) is 2.29. The second-order valence-electron chi connectivity index (χ2n) is 3.24. The maximum atomic E-state index is 11.1. The fourth-order valence-corrected chi connectivity index (χ4v) is 1.20. The number of rotatable bonds is 3. The monoisotopic (exact) mass is 227 g/mol. The summed E-state index contributed by atoms with van der Waals surface area (Å²) in [6, 6.07) is 2.43. The first-order valence-corrected chi connectivity index (χ1v) is 4.50. The Kier molecular flexibility index (Phi) is 3.70. The van der Waals surface area contributed by atoms with Crippen molar-refractivity contribution in [2.24, 2.45) is 5.73 Å². The molecular weight excluding hydrogens is 214 g/mol. The number of carbonyl (C=O) groups is 1. The van der Waals surface area contributed by atoms with Crippen LogP contribution < -0.4 is 5.73 Å². The minimum Gasteiger partial charge on any atom is -0.504 e. The highest BCUT2D eigenvalue weighted by Gasteiger charge is 2.25. The highest BCUT2D eigenvalue weighted by Crippen LogP contribution is 2.28. The predicted octanol–water partition coefficient (Wildman–Crippen LogP) is -0.369. The van der Waals surface area contributed by atoms with Crippen LogP contribution >= 0.6 is 0 Å². The van der Waals surface area contributed by atoms with Crippen molar-refractivity contribution in [3.05, 3.63) is 23.8 Å². The molecule has 88 valence electrons. The van der Waals surface area contributed by atoms with E-state index in [1.165, 1.54) is 12.1 Å². The topological polar surface area (TPSA) is 113 Å². The van der Waals surface area contributed by atoms with Gasteiger partial charge in [-0.2, -0.15) is 0 Å². The summed E-state index contributed by atoms with van der Waals surface area (Å²) in [5.74, 6) is -1.48. The van der Waals surface area contributed by atoms with Crippen molar-refractivity contribution in [1.82, 2.24) is 0 Å². The molecule has 1 rings (SSSR count). The van der Waals surface area contributed by atoms with E-state index in [2.05, 4.69) is 4.74 Å². The lowest BCUT2D eigenvalue weighted by Gasteiger charge is -2.17. The van der Waals surface area contributed by atoms with Crippen LogP contribution in [0.15, 0.2) is 18.2 Å². The first-order chi connectivity index (χ1) is 7.47. The van der Waals surface area contributed by atoms with Crippen LogP contribution in [0.4, 0.5) is 0 Å². The molecule has 16 heavy (non-hydrogen) atoms. The quantitative estimate of drug-likeness (QED) is 0.414. The number of aliphatic hydroxyl groups is 1. The van der Waals surface area contributed by atoms with Crippen molar-refractivity contribution in [2.45, 2.75) is 12.1 Å². The van der Waals surface area contributed by atoms with Gasteiger partial charge >= 0.3 is 5.97 Å². The molecule has 0 saturated carbocycles. The van der Waals surface area contributed by atoms with Gasteiger partial charge in [-0.1, -0.05) is 6.07 Å². The third-order valence-corrected chi connectivity index (χ3v) is 2.15. The van der Waals surface area contributed by atoms with Crippen LogP contribution in [0, 0.1) is 0 Å². The van der Waals surface area contributed by atoms with Crippen molar-refractivity contribution in [3.8, 4) is 11.5 Å². The van der Waals surface area contributed by atoms with E-state index in [0.29, 0.717) is 0 Å². The maximum Gasteiger partial charge on any atom is 0.325 e. The van der Waals surface area contributed by atoms with Crippen molar-refractivity contribution in [1.29, 1.82) is 0 Å². The van der Waals surface area contributed by atoms with Crippen molar-refractivity contribution < 1.29 is 24.9 Å². The molecule has 0 saturated heterocycles. The fourth-order valence-electron chi connectivity index (χ4n) is 1.20. The molecule has 1 aromatic rings. The van der Waals surface area contributed by atoms with Gasteiger partial charge in [0.05, 0.1) is 7.11 Å². The first-order valence-electron chi connectivity index (χ1n) is 4.50. The standard InChI is InChI=1S/C10H13NO5/c1-16-10(15)8(11)9(14)5-2-3-6(12)7(13)4-5/h2-4,8-9,12-14H,11H2,1H3/t8-,9-/m1/s1. The molecule has 0 spiro atoms. The largest absolute Gasteiger partial charge is 0.504 e. The van der Waals surface area contributed by atoms with Crippen molar-refractivity contribution in [3.63, 3.8) is 0 Å². The van der Waals surface area contributed by atoms with Crippen LogP contribution in [0.3, 0.4) is 0 Å². The fraction of sp³-hybridized carbons (Fsp3) is 0.300. The lowest BCUT2D eigenvalue weighted by molar-refractivity contribution is -0.145. The molecule has 0 radical (unpaired) electrons. The molecule has 6 nitrogen and oxygen atoms in total. The number of carbonyl (C=O) groups excluding carboxylic acids is 1. The Bertz CT molecular complexity index is 393. The summed E-state index contributed by atoms with van der Waals surface area (Å²) in [6.07, 6.45) is -1.31. The molecule has 0 heterocycles. The van der Waals surface area contributed by atoms with Crippen LogP contribution in [-0.4, -0.2) is 34.4 Å². The van der Waals surface area contributed by atoms with Gasteiger partial charge in [-0.25, -0.2) is 0 Å². The number of esters is 1. The first kappa shape index (κ1) is 12.3. The number of aliphatic hydroxyl groups excluding tert-OH is 1. The van der Waals surface area contributed by atoms with E-state index in [0.717, 1.165) is 13.2 Å². The van der Waals surface area contributed by atoms with Crippen LogP contribution in [0.5, 0.6) is 11.5 Å². The molecule has 0 aliphatic rings. The molecule has 0 aliphatic carbocycles. The van der Waals surface area contributed by atoms with Gasteiger partial charge in [-0.3, -0.25) is 4.79 Å². The van der Waals surface area contributed by atoms with E-state index in [9.17, 15) is 15.0 Å².